The van der Waals surface area contributed by atoms with Crippen molar-refractivity contribution in [2.75, 3.05) is 0 Å². The van der Waals surface area contributed by atoms with E-state index in [4.69, 9.17) is 0 Å². The largest absolute Gasteiger partial charge is 0.320 e. The Morgan fingerprint density at radius 2 is 1.90 bits per heavy atom. The van der Waals surface area contributed by atoms with Crippen molar-refractivity contribution in [2.24, 2.45) is 0 Å². The molecule has 2 heterocycles. The van der Waals surface area contributed by atoms with Crippen LogP contribution in [0.4, 0.5) is 8.78 Å². The molecule has 0 fully saturated rings. The van der Waals surface area contributed by atoms with Gasteiger partial charge in [0.1, 0.15) is 17.5 Å². The molecular formula is C16H11BrF2N2. The molecular weight excluding hydrogens is 338 g/mol. The summed E-state index contributed by atoms with van der Waals surface area (Å²) in [4.78, 5) is 4.52. The summed E-state index contributed by atoms with van der Waals surface area (Å²) < 4.78 is 29.3. The molecule has 0 radical (unpaired) electrons. The average molecular weight is 349 g/mol. The van der Waals surface area contributed by atoms with Gasteiger partial charge in [0.15, 0.2) is 0 Å². The Labute approximate surface area is 128 Å². The smallest absolute Gasteiger partial charge is 0.139 e. The third-order valence-electron chi connectivity index (χ3n) is 4.01. The van der Waals surface area contributed by atoms with E-state index in [0.717, 1.165) is 29.7 Å². The van der Waals surface area contributed by atoms with Gasteiger partial charge in [0, 0.05) is 12.5 Å². The first-order chi connectivity index (χ1) is 10.1. The zero-order chi connectivity index (χ0) is 14.6. The molecule has 0 amide bonds. The summed E-state index contributed by atoms with van der Waals surface area (Å²) >= 11 is 3.23. The Bertz CT molecular complexity index is 840. The second-order valence-corrected chi connectivity index (χ2v) is 6.11. The van der Waals surface area contributed by atoms with E-state index in [2.05, 4.69) is 25.5 Å². The molecule has 106 valence electrons. The van der Waals surface area contributed by atoms with Crippen LogP contribution in [0.5, 0.6) is 0 Å². The summed E-state index contributed by atoms with van der Waals surface area (Å²) in [6, 6.07) is 9.90. The zero-order valence-corrected chi connectivity index (χ0v) is 12.6. The number of aryl methyl sites for hydroxylation is 1. The highest BCUT2D eigenvalue weighted by Gasteiger charge is 2.27. The maximum absolute atomic E-state index is 13.6. The van der Waals surface area contributed by atoms with Gasteiger partial charge in [0.25, 0.3) is 0 Å². The number of aromatic nitrogens is 2. The first kappa shape index (κ1) is 13.0. The lowest BCUT2D eigenvalue weighted by molar-refractivity contribution is 0.612. The van der Waals surface area contributed by atoms with Gasteiger partial charge in [-0.25, -0.2) is 13.8 Å². The molecule has 5 heteroatoms. The highest BCUT2D eigenvalue weighted by molar-refractivity contribution is 9.10. The van der Waals surface area contributed by atoms with Crippen LogP contribution in [0.3, 0.4) is 0 Å². The van der Waals surface area contributed by atoms with E-state index in [-0.39, 0.29) is 17.7 Å². The quantitative estimate of drug-likeness (QED) is 0.627. The number of nitrogens with zero attached hydrogens (tertiary/aromatic N) is 2. The number of halogens is 3. The van der Waals surface area contributed by atoms with Gasteiger partial charge in [-0.15, -0.1) is 0 Å². The van der Waals surface area contributed by atoms with E-state index in [1.165, 1.54) is 18.2 Å². The van der Waals surface area contributed by atoms with Crippen LogP contribution in [-0.4, -0.2) is 9.55 Å². The minimum absolute atomic E-state index is 0.128. The number of hydrogen-bond donors (Lipinski definition) is 0. The molecule has 3 aromatic rings. The molecule has 0 spiro atoms. The summed E-state index contributed by atoms with van der Waals surface area (Å²) in [5.74, 6) is 0.409. The van der Waals surface area contributed by atoms with Gasteiger partial charge < -0.3 is 4.57 Å². The van der Waals surface area contributed by atoms with Crippen molar-refractivity contribution in [1.82, 2.24) is 9.55 Å². The Morgan fingerprint density at radius 1 is 1.14 bits per heavy atom. The molecule has 2 nitrogen and oxygen atoms in total. The van der Waals surface area contributed by atoms with Gasteiger partial charge in [-0.05, 0) is 46.1 Å². The van der Waals surface area contributed by atoms with Crippen LogP contribution >= 0.6 is 15.9 Å². The highest BCUT2D eigenvalue weighted by atomic mass is 79.9. The summed E-state index contributed by atoms with van der Waals surface area (Å²) in [6.45, 7) is 0. The van der Waals surface area contributed by atoms with Crippen LogP contribution in [0.15, 0.2) is 40.9 Å². The van der Waals surface area contributed by atoms with Crippen LogP contribution in [0, 0.1) is 11.6 Å². The minimum atomic E-state index is -0.308. The molecule has 1 aromatic heterocycles. The number of hydrogen-bond acceptors (Lipinski definition) is 1. The fourth-order valence-electron chi connectivity index (χ4n) is 3.06. The molecule has 0 bridgehead atoms. The molecule has 1 atom stereocenters. The van der Waals surface area contributed by atoms with Crippen LogP contribution < -0.4 is 0 Å². The summed E-state index contributed by atoms with van der Waals surface area (Å²) in [7, 11) is 0. The molecule has 0 saturated carbocycles. The first-order valence-electron chi connectivity index (χ1n) is 6.75. The Hall–Kier alpha value is -1.75. The normalized spacial score (nSPS) is 17.4. The molecule has 0 aliphatic carbocycles. The molecule has 21 heavy (non-hydrogen) atoms. The van der Waals surface area contributed by atoms with Gasteiger partial charge >= 0.3 is 0 Å². The third kappa shape index (κ3) is 1.99. The standard InChI is InChI=1S/C16H11BrF2N2/c17-11-7-15-13(8-12(11)19)20-16-6-5-14(21(15)16)9-1-3-10(18)4-2-9/h1-4,7-8,14H,5-6H2/t14-/m0/s1. The maximum Gasteiger partial charge on any atom is 0.139 e. The monoisotopic (exact) mass is 348 g/mol. The lowest BCUT2D eigenvalue weighted by Gasteiger charge is -2.15. The molecule has 0 saturated heterocycles. The van der Waals surface area contributed by atoms with E-state index in [0.29, 0.717) is 9.99 Å². The van der Waals surface area contributed by atoms with Crippen molar-refractivity contribution in [3.05, 3.63) is 63.9 Å². The maximum atomic E-state index is 13.6. The number of benzene rings is 2. The van der Waals surface area contributed by atoms with Crippen LogP contribution in [-0.2, 0) is 6.42 Å². The van der Waals surface area contributed by atoms with Crippen LogP contribution in [0.1, 0.15) is 23.9 Å². The molecule has 0 unspecified atom stereocenters. The summed E-state index contributed by atoms with van der Waals surface area (Å²) in [5, 5.41) is 0. The van der Waals surface area contributed by atoms with Gasteiger partial charge in [0.2, 0.25) is 0 Å². The summed E-state index contributed by atoms with van der Waals surface area (Å²) in [5.41, 5.74) is 2.62. The topological polar surface area (TPSA) is 17.8 Å². The van der Waals surface area contributed by atoms with Crippen molar-refractivity contribution < 1.29 is 8.78 Å². The van der Waals surface area contributed by atoms with E-state index in [1.807, 2.05) is 0 Å². The van der Waals surface area contributed by atoms with Crippen molar-refractivity contribution in [1.29, 1.82) is 0 Å². The third-order valence-corrected chi connectivity index (χ3v) is 4.62. The van der Waals surface area contributed by atoms with Gasteiger partial charge in [-0.1, -0.05) is 12.1 Å². The Kier molecular flexibility index (Phi) is 2.85. The van der Waals surface area contributed by atoms with E-state index < -0.39 is 0 Å². The van der Waals surface area contributed by atoms with Gasteiger partial charge in [-0.2, -0.15) is 0 Å². The number of imidazole rings is 1. The van der Waals surface area contributed by atoms with Gasteiger partial charge in [0.05, 0.1) is 21.5 Å². The van der Waals surface area contributed by atoms with Gasteiger partial charge in [-0.3, -0.25) is 0 Å². The SMILES string of the molecule is Fc1ccc([C@@H]2CCc3nc4cc(F)c(Br)cc4n32)cc1. The van der Waals surface area contributed by atoms with E-state index in [9.17, 15) is 8.78 Å². The average Bonchev–Trinajstić information content (AvgIpc) is 3.00. The molecule has 2 aromatic carbocycles. The second kappa shape index (κ2) is 4.63. The van der Waals surface area contributed by atoms with Crippen molar-refractivity contribution in [2.45, 2.75) is 18.9 Å². The number of rotatable bonds is 1. The van der Waals surface area contributed by atoms with E-state index in [1.54, 1.807) is 18.2 Å². The minimum Gasteiger partial charge on any atom is -0.320 e. The predicted molar refractivity (Wildman–Crippen MR) is 80.3 cm³/mol. The zero-order valence-electron chi connectivity index (χ0n) is 11.0. The summed E-state index contributed by atoms with van der Waals surface area (Å²) in [6.07, 6.45) is 1.77. The molecule has 0 N–H and O–H groups in total. The lowest BCUT2D eigenvalue weighted by atomic mass is 10.0. The van der Waals surface area contributed by atoms with Crippen molar-refractivity contribution in [3.63, 3.8) is 0 Å². The van der Waals surface area contributed by atoms with Crippen LogP contribution in [0.2, 0.25) is 0 Å². The van der Waals surface area contributed by atoms with Crippen molar-refractivity contribution >= 4 is 27.0 Å². The second-order valence-electron chi connectivity index (χ2n) is 5.26. The molecule has 1 aliphatic heterocycles. The fourth-order valence-corrected chi connectivity index (χ4v) is 3.39. The first-order valence-corrected chi connectivity index (χ1v) is 7.54. The fraction of sp³-hybridized carbons (Fsp3) is 0.188. The van der Waals surface area contributed by atoms with E-state index >= 15 is 0 Å². The Balaban J connectivity index is 1.90. The highest BCUT2D eigenvalue weighted by Crippen LogP contribution is 2.36. The number of fused-ring (bicyclic) bond motifs is 3. The van der Waals surface area contributed by atoms with Crippen molar-refractivity contribution in [3.8, 4) is 0 Å². The lowest BCUT2D eigenvalue weighted by Crippen LogP contribution is -2.05. The Morgan fingerprint density at radius 3 is 2.67 bits per heavy atom. The molecule has 4 rings (SSSR count). The predicted octanol–water partition coefficient (Wildman–Crippen LogP) is 4.61. The molecule has 1 aliphatic rings. The van der Waals surface area contributed by atoms with Crippen LogP contribution in [0.25, 0.3) is 11.0 Å².